The van der Waals surface area contributed by atoms with Crippen LogP contribution in [-0.2, 0) is 13.0 Å². The molecule has 136 valence electrons. The Balaban J connectivity index is 1.69. The number of rotatable bonds is 6. The molecule has 0 saturated carbocycles. The van der Waals surface area contributed by atoms with Crippen molar-refractivity contribution in [2.45, 2.75) is 42.9 Å². The van der Waals surface area contributed by atoms with Gasteiger partial charge < -0.3 is 9.32 Å². The summed E-state index contributed by atoms with van der Waals surface area (Å²) in [6.45, 7) is 4.25. The lowest BCUT2D eigenvalue weighted by molar-refractivity contribution is 0.483. The van der Waals surface area contributed by atoms with E-state index in [4.69, 9.17) is 4.42 Å². The summed E-state index contributed by atoms with van der Waals surface area (Å²) < 4.78 is 22.0. The number of halogens is 1. The van der Waals surface area contributed by atoms with Gasteiger partial charge in [0.2, 0.25) is 5.95 Å². The predicted molar refractivity (Wildman–Crippen MR) is 94.8 cm³/mol. The molecule has 0 N–H and O–H groups in total. The molecule has 3 aromatic heterocycles. The SMILES string of the molecule is CCc1ncnc(Sc2nnc(N3CCCC3)n2Cc2ccco2)c1F. The van der Waals surface area contributed by atoms with Crippen molar-refractivity contribution in [3.05, 3.63) is 42.0 Å². The monoisotopic (exact) mass is 374 g/mol. The Morgan fingerprint density at radius 3 is 2.81 bits per heavy atom. The average Bonchev–Trinajstić information content (AvgIpc) is 3.40. The fourth-order valence-electron chi connectivity index (χ4n) is 3.00. The first-order chi connectivity index (χ1) is 12.8. The second kappa shape index (κ2) is 7.45. The maximum Gasteiger partial charge on any atom is 0.228 e. The maximum atomic E-state index is 14.5. The molecule has 26 heavy (non-hydrogen) atoms. The first-order valence-corrected chi connectivity index (χ1v) is 9.45. The molecule has 0 spiro atoms. The first-order valence-electron chi connectivity index (χ1n) is 8.64. The third-order valence-corrected chi connectivity index (χ3v) is 5.30. The Morgan fingerprint density at radius 1 is 1.23 bits per heavy atom. The van der Waals surface area contributed by atoms with Gasteiger partial charge in [-0.3, -0.25) is 4.57 Å². The van der Waals surface area contributed by atoms with Crippen LogP contribution >= 0.6 is 11.8 Å². The smallest absolute Gasteiger partial charge is 0.228 e. The molecule has 7 nitrogen and oxygen atoms in total. The normalized spacial score (nSPS) is 14.3. The van der Waals surface area contributed by atoms with Gasteiger partial charge in [0.15, 0.2) is 11.0 Å². The number of nitrogens with zero attached hydrogens (tertiary/aromatic N) is 6. The Bertz CT molecular complexity index is 876. The van der Waals surface area contributed by atoms with Crippen molar-refractivity contribution >= 4 is 17.7 Å². The average molecular weight is 374 g/mol. The molecule has 1 aliphatic heterocycles. The fraction of sp³-hybridized carbons (Fsp3) is 0.412. The summed E-state index contributed by atoms with van der Waals surface area (Å²) in [4.78, 5) is 10.3. The van der Waals surface area contributed by atoms with Crippen molar-refractivity contribution in [1.82, 2.24) is 24.7 Å². The molecule has 0 atom stereocenters. The van der Waals surface area contributed by atoms with Crippen molar-refractivity contribution in [3.8, 4) is 0 Å². The molecule has 0 unspecified atom stereocenters. The zero-order valence-corrected chi connectivity index (χ0v) is 15.2. The van der Waals surface area contributed by atoms with E-state index in [1.165, 1.54) is 18.1 Å². The van der Waals surface area contributed by atoms with Gasteiger partial charge in [-0.05, 0) is 43.2 Å². The Labute approximate surface area is 154 Å². The van der Waals surface area contributed by atoms with Gasteiger partial charge in [0, 0.05) is 13.1 Å². The number of aromatic nitrogens is 5. The molecule has 0 amide bonds. The van der Waals surface area contributed by atoms with E-state index in [1.807, 2.05) is 23.6 Å². The minimum Gasteiger partial charge on any atom is -0.467 e. The van der Waals surface area contributed by atoms with Crippen LogP contribution in [0.15, 0.2) is 39.3 Å². The van der Waals surface area contributed by atoms with E-state index in [-0.39, 0.29) is 5.03 Å². The number of hydrogen-bond donors (Lipinski definition) is 0. The van der Waals surface area contributed by atoms with E-state index in [0.29, 0.717) is 23.8 Å². The van der Waals surface area contributed by atoms with Gasteiger partial charge in [-0.15, -0.1) is 10.2 Å². The third-order valence-electron chi connectivity index (χ3n) is 4.33. The highest BCUT2D eigenvalue weighted by atomic mass is 32.2. The molecule has 3 aromatic rings. The molecule has 0 radical (unpaired) electrons. The van der Waals surface area contributed by atoms with Gasteiger partial charge in [0.05, 0.1) is 18.5 Å². The predicted octanol–water partition coefficient (Wildman–Crippen LogP) is 3.16. The van der Waals surface area contributed by atoms with Crippen molar-refractivity contribution in [2.24, 2.45) is 0 Å². The molecule has 9 heteroatoms. The van der Waals surface area contributed by atoms with E-state index in [9.17, 15) is 4.39 Å². The van der Waals surface area contributed by atoms with E-state index in [1.54, 1.807) is 6.26 Å². The number of furan rings is 1. The lowest BCUT2D eigenvalue weighted by Crippen LogP contribution is -2.22. The summed E-state index contributed by atoms with van der Waals surface area (Å²) in [5.74, 6) is 1.19. The molecule has 1 aliphatic rings. The van der Waals surface area contributed by atoms with E-state index in [0.717, 1.165) is 37.6 Å². The number of anilines is 1. The molecular weight excluding hydrogens is 355 g/mol. The van der Waals surface area contributed by atoms with E-state index in [2.05, 4.69) is 25.1 Å². The highest BCUT2D eigenvalue weighted by Crippen LogP contribution is 2.31. The van der Waals surface area contributed by atoms with Crippen LogP contribution in [0.25, 0.3) is 0 Å². The van der Waals surface area contributed by atoms with Crippen LogP contribution in [0.5, 0.6) is 0 Å². The Morgan fingerprint density at radius 2 is 2.08 bits per heavy atom. The van der Waals surface area contributed by atoms with E-state index >= 15 is 0 Å². The summed E-state index contributed by atoms with van der Waals surface area (Å²) in [6.07, 6.45) is 5.81. The second-order valence-electron chi connectivity index (χ2n) is 6.04. The van der Waals surface area contributed by atoms with Gasteiger partial charge in [-0.2, -0.15) is 0 Å². The summed E-state index contributed by atoms with van der Waals surface area (Å²) >= 11 is 1.17. The molecule has 1 saturated heterocycles. The molecule has 0 aliphatic carbocycles. The van der Waals surface area contributed by atoms with Gasteiger partial charge in [-0.25, -0.2) is 14.4 Å². The molecular formula is C17H19FN6OS. The zero-order valence-electron chi connectivity index (χ0n) is 14.4. The summed E-state index contributed by atoms with van der Waals surface area (Å²) in [7, 11) is 0. The second-order valence-corrected chi connectivity index (χ2v) is 6.99. The summed E-state index contributed by atoms with van der Waals surface area (Å²) in [6, 6.07) is 3.75. The largest absolute Gasteiger partial charge is 0.467 e. The van der Waals surface area contributed by atoms with Crippen LogP contribution in [-0.4, -0.2) is 37.8 Å². The Hall–Kier alpha value is -2.42. The maximum absolute atomic E-state index is 14.5. The Kier molecular flexibility index (Phi) is 4.87. The summed E-state index contributed by atoms with van der Waals surface area (Å²) in [5, 5.41) is 9.50. The van der Waals surface area contributed by atoms with Gasteiger partial charge in [-0.1, -0.05) is 6.92 Å². The standard InChI is InChI=1S/C17H19FN6OS/c1-2-13-14(18)15(20-11-19-13)26-17-22-21-16(23-7-3-4-8-23)24(17)10-12-6-5-9-25-12/h5-6,9,11H,2-4,7-8,10H2,1H3. The van der Waals surface area contributed by atoms with Crippen LogP contribution in [0.2, 0.25) is 0 Å². The topological polar surface area (TPSA) is 72.9 Å². The van der Waals surface area contributed by atoms with Crippen LogP contribution < -0.4 is 4.90 Å². The minimum absolute atomic E-state index is 0.262. The highest BCUT2D eigenvalue weighted by molar-refractivity contribution is 7.99. The first kappa shape index (κ1) is 17.0. The van der Waals surface area contributed by atoms with Crippen LogP contribution in [0.1, 0.15) is 31.2 Å². The van der Waals surface area contributed by atoms with Gasteiger partial charge >= 0.3 is 0 Å². The lowest BCUT2D eigenvalue weighted by atomic mass is 10.3. The van der Waals surface area contributed by atoms with Crippen molar-refractivity contribution < 1.29 is 8.81 Å². The molecule has 0 aromatic carbocycles. The molecule has 4 rings (SSSR count). The molecule has 1 fully saturated rings. The van der Waals surface area contributed by atoms with Crippen molar-refractivity contribution in [3.63, 3.8) is 0 Å². The summed E-state index contributed by atoms with van der Waals surface area (Å²) in [5.41, 5.74) is 0.402. The zero-order chi connectivity index (χ0) is 17.9. The minimum atomic E-state index is -0.393. The lowest BCUT2D eigenvalue weighted by Gasteiger charge is -2.17. The van der Waals surface area contributed by atoms with Gasteiger partial charge in [0.1, 0.15) is 17.1 Å². The number of aryl methyl sites for hydroxylation is 1. The third kappa shape index (κ3) is 3.31. The van der Waals surface area contributed by atoms with Crippen LogP contribution in [0.4, 0.5) is 10.3 Å². The van der Waals surface area contributed by atoms with E-state index < -0.39 is 5.82 Å². The fourth-order valence-corrected chi connectivity index (χ4v) is 3.81. The van der Waals surface area contributed by atoms with Crippen molar-refractivity contribution in [2.75, 3.05) is 18.0 Å². The van der Waals surface area contributed by atoms with Crippen LogP contribution in [0, 0.1) is 5.82 Å². The number of hydrogen-bond acceptors (Lipinski definition) is 7. The molecule has 0 bridgehead atoms. The van der Waals surface area contributed by atoms with Crippen molar-refractivity contribution in [1.29, 1.82) is 0 Å². The molecule has 4 heterocycles. The van der Waals surface area contributed by atoms with Gasteiger partial charge in [0.25, 0.3) is 0 Å². The highest BCUT2D eigenvalue weighted by Gasteiger charge is 2.23. The van der Waals surface area contributed by atoms with Crippen LogP contribution in [0.3, 0.4) is 0 Å². The quantitative estimate of drug-likeness (QED) is 0.614.